The molecule has 0 amide bonds. The molecule has 0 aromatic rings. The Morgan fingerprint density at radius 1 is 1.11 bits per heavy atom. The summed E-state index contributed by atoms with van der Waals surface area (Å²) in [4.78, 5) is 0. The molecule has 0 aliphatic heterocycles. The van der Waals surface area contributed by atoms with E-state index in [4.69, 9.17) is 11.6 Å². The van der Waals surface area contributed by atoms with Crippen LogP contribution < -0.4 is 0 Å². The van der Waals surface area contributed by atoms with Crippen molar-refractivity contribution in [3.8, 4) is 0 Å². The summed E-state index contributed by atoms with van der Waals surface area (Å²) >= 11 is 9.99. The molecule has 5 fully saturated rings. The number of alkyl halides is 2. The van der Waals surface area contributed by atoms with Crippen molar-refractivity contribution in [3.63, 3.8) is 0 Å². The quantitative estimate of drug-likeness (QED) is 0.530. The first kappa shape index (κ1) is 4.61. The van der Waals surface area contributed by atoms with Gasteiger partial charge in [-0.2, -0.15) is 0 Å². The number of halogens is 2. The zero-order valence-corrected chi connectivity index (χ0v) is 7.06. The van der Waals surface area contributed by atoms with Crippen molar-refractivity contribution >= 4 is 27.5 Å². The lowest BCUT2D eigenvalue weighted by atomic mass is 10.0. The number of hydrogen-bond acceptors (Lipinski definition) is 0. The molecule has 0 spiro atoms. The van der Waals surface area contributed by atoms with Gasteiger partial charge < -0.3 is 0 Å². The van der Waals surface area contributed by atoms with E-state index in [9.17, 15) is 0 Å². The summed E-state index contributed by atoms with van der Waals surface area (Å²) in [6, 6.07) is 0. The summed E-state index contributed by atoms with van der Waals surface area (Å²) in [6.07, 6.45) is 0. The Balaban J connectivity index is 2.02. The molecule has 0 heterocycles. The van der Waals surface area contributed by atoms with Crippen LogP contribution in [0.15, 0.2) is 0 Å². The summed E-state index contributed by atoms with van der Waals surface area (Å²) in [5.41, 5.74) is 0. The first-order valence-corrected chi connectivity index (χ1v) is 4.84. The van der Waals surface area contributed by atoms with Crippen LogP contribution in [0.4, 0.5) is 0 Å². The minimum atomic E-state index is 0.560. The lowest BCUT2D eigenvalue weighted by molar-refractivity contribution is 0.475. The van der Waals surface area contributed by atoms with Crippen LogP contribution >= 0.6 is 27.5 Å². The molecule has 0 aromatic heterocycles. The van der Waals surface area contributed by atoms with Gasteiger partial charge in [-0.25, -0.2) is 0 Å². The van der Waals surface area contributed by atoms with E-state index >= 15 is 0 Å². The highest BCUT2D eigenvalue weighted by atomic mass is 79.9. The van der Waals surface area contributed by atoms with Gasteiger partial charge in [0.05, 0.1) is 0 Å². The molecule has 9 heavy (non-hydrogen) atoms. The Morgan fingerprint density at radius 2 is 1.89 bits per heavy atom. The summed E-state index contributed by atoms with van der Waals surface area (Å²) in [6.45, 7) is 0. The van der Waals surface area contributed by atoms with Gasteiger partial charge in [0.25, 0.3) is 0 Å². The van der Waals surface area contributed by atoms with Gasteiger partial charge in [-0.1, -0.05) is 15.9 Å². The second-order valence-corrected chi connectivity index (χ2v) is 5.88. The van der Waals surface area contributed by atoms with Crippen molar-refractivity contribution in [1.29, 1.82) is 0 Å². The fourth-order valence-electron chi connectivity index (χ4n) is 3.79. The highest BCUT2D eigenvalue weighted by Gasteiger charge is 2.99. The maximum atomic E-state index is 6.18. The van der Waals surface area contributed by atoms with Crippen LogP contribution in [-0.4, -0.2) is 9.70 Å². The van der Waals surface area contributed by atoms with E-state index in [1.54, 1.807) is 0 Å². The highest BCUT2D eigenvalue weighted by Crippen LogP contribution is 2.97. The monoisotopic (exact) mass is 204 g/mol. The van der Waals surface area contributed by atoms with Crippen molar-refractivity contribution in [2.45, 2.75) is 9.70 Å². The normalized spacial score (nSPS) is 94.0. The Morgan fingerprint density at radius 3 is 2.00 bits per heavy atom. The molecular formula is C7H6BrCl. The van der Waals surface area contributed by atoms with Crippen molar-refractivity contribution < 1.29 is 0 Å². The van der Waals surface area contributed by atoms with E-state index in [1.807, 2.05) is 0 Å². The predicted octanol–water partition coefficient (Wildman–Crippen LogP) is 1.86. The summed E-state index contributed by atoms with van der Waals surface area (Å²) in [7, 11) is 0. The molecule has 7 unspecified atom stereocenters. The van der Waals surface area contributed by atoms with Crippen LogP contribution in [0.3, 0.4) is 0 Å². The van der Waals surface area contributed by atoms with Gasteiger partial charge in [0.1, 0.15) is 0 Å². The molecule has 2 bridgehead atoms. The third-order valence-electron chi connectivity index (χ3n) is 4.07. The smallest absolute Gasteiger partial charge is 0.0415 e. The minimum Gasteiger partial charge on any atom is -0.122 e. The molecule has 48 valence electrons. The largest absolute Gasteiger partial charge is 0.122 e. The summed E-state index contributed by atoms with van der Waals surface area (Å²) in [5, 5.41) is 0.560. The SMILES string of the molecule is ClC1C2C3C2C2(Br)C1C32. The summed E-state index contributed by atoms with van der Waals surface area (Å²) in [5.74, 6) is 4.96. The molecule has 5 saturated carbocycles. The molecule has 0 saturated heterocycles. The van der Waals surface area contributed by atoms with Crippen molar-refractivity contribution in [2.75, 3.05) is 0 Å². The predicted molar refractivity (Wildman–Crippen MR) is 38.7 cm³/mol. The first-order chi connectivity index (χ1) is 4.28. The van der Waals surface area contributed by atoms with Crippen molar-refractivity contribution in [1.82, 2.24) is 0 Å². The standard InChI is InChI=1S/C7H6BrCl/c8-7-3-1-2(3)6(9)5(7)4(1)7/h1-6H. The van der Waals surface area contributed by atoms with Crippen LogP contribution in [-0.2, 0) is 0 Å². The van der Waals surface area contributed by atoms with E-state index in [-0.39, 0.29) is 0 Å². The Hall–Kier alpha value is 0.770. The van der Waals surface area contributed by atoms with Crippen LogP contribution in [0.2, 0.25) is 0 Å². The van der Waals surface area contributed by atoms with E-state index < -0.39 is 0 Å². The topological polar surface area (TPSA) is 0 Å². The maximum Gasteiger partial charge on any atom is 0.0415 e. The fourth-order valence-corrected chi connectivity index (χ4v) is 6.27. The number of hydrogen-bond donors (Lipinski definition) is 0. The second kappa shape index (κ2) is 0.863. The first-order valence-electron chi connectivity index (χ1n) is 3.61. The third-order valence-corrected chi connectivity index (χ3v) is 6.22. The van der Waals surface area contributed by atoms with Crippen molar-refractivity contribution in [2.24, 2.45) is 29.6 Å². The Kier molecular flexibility index (Phi) is 0.442. The van der Waals surface area contributed by atoms with E-state index in [1.165, 1.54) is 0 Å². The second-order valence-electron chi connectivity index (χ2n) is 4.00. The van der Waals surface area contributed by atoms with Gasteiger partial charge in [-0.15, -0.1) is 11.6 Å². The maximum absolute atomic E-state index is 6.18. The average Bonchev–Trinajstić information content (AvgIpc) is 2.53. The molecule has 7 atom stereocenters. The minimum absolute atomic E-state index is 0.560. The molecule has 0 nitrogen and oxygen atoms in total. The highest BCUT2D eigenvalue weighted by molar-refractivity contribution is 9.10. The summed E-state index contributed by atoms with van der Waals surface area (Å²) < 4.78 is 0.606. The van der Waals surface area contributed by atoms with Gasteiger partial charge in [-0.3, -0.25) is 0 Å². The van der Waals surface area contributed by atoms with E-state index in [0.717, 1.165) is 29.6 Å². The zero-order chi connectivity index (χ0) is 5.96. The van der Waals surface area contributed by atoms with Crippen LogP contribution in [0.1, 0.15) is 0 Å². The van der Waals surface area contributed by atoms with Gasteiger partial charge >= 0.3 is 0 Å². The molecule has 5 rings (SSSR count). The van der Waals surface area contributed by atoms with Gasteiger partial charge in [0.2, 0.25) is 0 Å². The van der Waals surface area contributed by atoms with Crippen LogP contribution in [0, 0.1) is 29.6 Å². The van der Waals surface area contributed by atoms with Gasteiger partial charge in [0, 0.05) is 9.70 Å². The fraction of sp³-hybridized carbons (Fsp3) is 1.00. The van der Waals surface area contributed by atoms with Crippen LogP contribution in [0.5, 0.6) is 0 Å². The van der Waals surface area contributed by atoms with Gasteiger partial charge in [0.15, 0.2) is 0 Å². The Bertz CT molecular complexity index is 211. The van der Waals surface area contributed by atoms with E-state index in [0.29, 0.717) is 9.70 Å². The van der Waals surface area contributed by atoms with Gasteiger partial charge in [-0.05, 0) is 29.6 Å². The lowest BCUT2D eigenvalue weighted by Crippen LogP contribution is -2.17. The van der Waals surface area contributed by atoms with Crippen molar-refractivity contribution in [3.05, 3.63) is 0 Å². The molecule has 0 aromatic carbocycles. The zero-order valence-electron chi connectivity index (χ0n) is 4.72. The Labute approximate surface area is 67.1 Å². The molecule has 2 heteroatoms. The average molecular weight is 205 g/mol. The molecule has 0 radical (unpaired) electrons. The lowest BCUT2D eigenvalue weighted by Gasteiger charge is -2.15. The molecule has 5 aliphatic rings. The molecule has 0 N–H and O–H groups in total. The van der Waals surface area contributed by atoms with E-state index in [2.05, 4.69) is 15.9 Å². The van der Waals surface area contributed by atoms with Crippen LogP contribution in [0.25, 0.3) is 0 Å². The molecular weight excluding hydrogens is 199 g/mol. The molecule has 5 aliphatic carbocycles. The number of rotatable bonds is 0. The third kappa shape index (κ3) is 0.220.